The molecule has 0 spiro atoms. The van der Waals surface area contributed by atoms with Gasteiger partial charge in [-0.2, -0.15) is 0 Å². The molecule has 1 unspecified atom stereocenters. The minimum Gasteiger partial charge on any atom is -0.326 e. The molecule has 0 amide bonds. The van der Waals surface area contributed by atoms with Gasteiger partial charge in [0.15, 0.2) is 0 Å². The molecule has 1 aromatic carbocycles. The zero-order valence-corrected chi connectivity index (χ0v) is 13.4. The minimum atomic E-state index is 0.450. The number of nitrogens with two attached hydrogens (primary N) is 1. The summed E-state index contributed by atoms with van der Waals surface area (Å²) in [7, 11) is 0. The van der Waals surface area contributed by atoms with Crippen molar-refractivity contribution in [3.8, 4) is 0 Å². The van der Waals surface area contributed by atoms with Crippen molar-refractivity contribution in [2.75, 3.05) is 13.1 Å². The number of hydrogen-bond donors (Lipinski definition) is 1. The van der Waals surface area contributed by atoms with Gasteiger partial charge in [-0.1, -0.05) is 45.0 Å². The van der Waals surface area contributed by atoms with E-state index in [0.717, 1.165) is 12.5 Å². The normalized spacial score (nSPS) is 21.7. The van der Waals surface area contributed by atoms with Crippen LogP contribution in [-0.2, 0) is 13.1 Å². The summed E-state index contributed by atoms with van der Waals surface area (Å²) in [5.41, 5.74) is 9.00. The van der Waals surface area contributed by atoms with E-state index in [9.17, 15) is 0 Å². The van der Waals surface area contributed by atoms with Crippen LogP contribution >= 0.6 is 0 Å². The van der Waals surface area contributed by atoms with Crippen molar-refractivity contribution >= 4 is 0 Å². The maximum Gasteiger partial charge on any atom is 0.0236 e. The highest BCUT2D eigenvalue weighted by molar-refractivity contribution is 5.26. The van der Waals surface area contributed by atoms with Gasteiger partial charge in [-0.3, -0.25) is 4.90 Å². The van der Waals surface area contributed by atoms with Crippen molar-refractivity contribution < 1.29 is 0 Å². The van der Waals surface area contributed by atoms with Gasteiger partial charge in [0.2, 0.25) is 0 Å². The summed E-state index contributed by atoms with van der Waals surface area (Å²) in [5, 5.41) is 0. The SMILES string of the molecule is CC(C)(C)C1CCCN(Cc2ccccc2CN)CC1. The van der Waals surface area contributed by atoms with Crippen LogP contribution in [0.5, 0.6) is 0 Å². The van der Waals surface area contributed by atoms with Crippen LogP contribution in [0.4, 0.5) is 0 Å². The fraction of sp³-hybridized carbons (Fsp3) is 0.667. The lowest BCUT2D eigenvalue weighted by Crippen LogP contribution is -2.26. The van der Waals surface area contributed by atoms with Gasteiger partial charge in [-0.15, -0.1) is 0 Å². The van der Waals surface area contributed by atoms with E-state index in [-0.39, 0.29) is 0 Å². The third kappa shape index (κ3) is 4.07. The molecule has 1 atom stereocenters. The molecule has 1 saturated heterocycles. The Hall–Kier alpha value is -0.860. The Kier molecular flexibility index (Phi) is 5.22. The maximum atomic E-state index is 5.85. The van der Waals surface area contributed by atoms with Gasteiger partial charge < -0.3 is 5.73 Å². The van der Waals surface area contributed by atoms with Crippen molar-refractivity contribution in [3.63, 3.8) is 0 Å². The molecule has 2 nitrogen and oxygen atoms in total. The minimum absolute atomic E-state index is 0.450. The molecular formula is C18H30N2. The van der Waals surface area contributed by atoms with Crippen LogP contribution in [0.15, 0.2) is 24.3 Å². The van der Waals surface area contributed by atoms with Crippen LogP contribution in [-0.4, -0.2) is 18.0 Å². The van der Waals surface area contributed by atoms with Gasteiger partial charge in [-0.25, -0.2) is 0 Å². The van der Waals surface area contributed by atoms with Gasteiger partial charge in [0.1, 0.15) is 0 Å². The number of hydrogen-bond acceptors (Lipinski definition) is 2. The van der Waals surface area contributed by atoms with Gasteiger partial charge >= 0.3 is 0 Å². The number of likely N-dealkylation sites (tertiary alicyclic amines) is 1. The van der Waals surface area contributed by atoms with Crippen LogP contribution in [0.2, 0.25) is 0 Å². The van der Waals surface area contributed by atoms with Crippen molar-refractivity contribution in [3.05, 3.63) is 35.4 Å². The molecule has 1 aliphatic heterocycles. The monoisotopic (exact) mass is 274 g/mol. The molecule has 0 radical (unpaired) electrons. The predicted molar refractivity (Wildman–Crippen MR) is 86.4 cm³/mol. The number of benzene rings is 1. The van der Waals surface area contributed by atoms with Crippen LogP contribution in [0.25, 0.3) is 0 Å². The summed E-state index contributed by atoms with van der Waals surface area (Å²) >= 11 is 0. The van der Waals surface area contributed by atoms with E-state index in [4.69, 9.17) is 5.73 Å². The van der Waals surface area contributed by atoms with Gasteiger partial charge in [0.25, 0.3) is 0 Å². The lowest BCUT2D eigenvalue weighted by Gasteiger charge is -2.30. The van der Waals surface area contributed by atoms with Crippen molar-refractivity contribution in [1.82, 2.24) is 4.90 Å². The summed E-state index contributed by atoms with van der Waals surface area (Å²) in [6.07, 6.45) is 4.03. The second-order valence-corrected chi connectivity index (χ2v) is 7.24. The largest absolute Gasteiger partial charge is 0.326 e. The molecule has 0 saturated carbocycles. The summed E-state index contributed by atoms with van der Waals surface area (Å²) < 4.78 is 0. The third-order valence-electron chi connectivity index (χ3n) is 4.78. The summed E-state index contributed by atoms with van der Waals surface area (Å²) in [5.74, 6) is 0.859. The first-order chi connectivity index (χ1) is 9.50. The van der Waals surface area contributed by atoms with E-state index in [1.165, 1.54) is 43.5 Å². The van der Waals surface area contributed by atoms with E-state index in [2.05, 4.69) is 49.9 Å². The lowest BCUT2D eigenvalue weighted by molar-refractivity contribution is 0.206. The van der Waals surface area contributed by atoms with Crippen LogP contribution in [0, 0.1) is 11.3 Å². The molecule has 2 N–H and O–H groups in total. The molecule has 20 heavy (non-hydrogen) atoms. The highest BCUT2D eigenvalue weighted by atomic mass is 15.1. The Morgan fingerprint density at radius 2 is 1.80 bits per heavy atom. The molecule has 2 rings (SSSR count). The van der Waals surface area contributed by atoms with E-state index in [1.807, 2.05) is 0 Å². The first-order valence-corrected chi connectivity index (χ1v) is 8.00. The quantitative estimate of drug-likeness (QED) is 0.908. The second-order valence-electron chi connectivity index (χ2n) is 7.24. The number of nitrogens with zero attached hydrogens (tertiary/aromatic N) is 1. The summed E-state index contributed by atoms with van der Waals surface area (Å²) in [4.78, 5) is 2.61. The molecule has 112 valence electrons. The zero-order valence-electron chi connectivity index (χ0n) is 13.4. The Balaban J connectivity index is 1.97. The van der Waals surface area contributed by atoms with Crippen LogP contribution in [0.1, 0.15) is 51.2 Å². The highest BCUT2D eigenvalue weighted by Gasteiger charge is 2.27. The Bertz CT molecular complexity index is 420. The van der Waals surface area contributed by atoms with Crippen LogP contribution in [0.3, 0.4) is 0 Å². The van der Waals surface area contributed by atoms with E-state index >= 15 is 0 Å². The first kappa shape index (κ1) is 15.5. The van der Waals surface area contributed by atoms with Crippen molar-refractivity contribution in [2.45, 2.75) is 53.1 Å². The van der Waals surface area contributed by atoms with Crippen molar-refractivity contribution in [1.29, 1.82) is 0 Å². The van der Waals surface area contributed by atoms with E-state index < -0.39 is 0 Å². The Labute approximate surface area is 124 Å². The topological polar surface area (TPSA) is 29.3 Å². The summed E-state index contributed by atoms with van der Waals surface area (Å²) in [6, 6.07) is 8.60. The van der Waals surface area contributed by atoms with Gasteiger partial charge in [0.05, 0.1) is 0 Å². The average molecular weight is 274 g/mol. The summed E-state index contributed by atoms with van der Waals surface area (Å²) in [6.45, 7) is 11.3. The molecular weight excluding hydrogens is 244 g/mol. The average Bonchev–Trinajstić information content (AvgIpc) is 2.64. The fourth-order valence-electron chi connectivity index (χ4n) is 3.33. The molecule has 2 heteroatoms. The molecule has 0 aliphatic carbocycles. The third-order valence-corrected chi connectivity index (χ3v) is 4.78. The predicted octanol–water partition coefficient (Wildman–Crippen LogP) is 3.79. The smallest absolute Gasteiger partial charge is 0.0236 e. The molecule has 1 aliphatic rings. The Morgan fingerprint density at radius 1 is 1.10 bits per heavy atom. The fourth-order valence-corrected chi connectivity index (χ4v) is 3.33. The molecule has 0 aromatic heterocycles. The molecule has 0 bridgehead atoms. The first-order valence-electron chi connectivity index (χ1n) is 8.00. The van der Waals surface area contributed by atoms with E-state index in [0.29, 0.717) is 12.0 Å². The van der Waals surface area contributed by atoms with Gasteiger partial charge in [-0.05, 0) is 54.8 Å². The lowest BCUT2D eigenvalue weighted by atomic mass is 9.77. The van der Waals surface area contributed by atoms with Crippen LogP contribution < -0.4 is 5.73 Å². The standard InChI is InChI=1S/C18H30N2/c1-18(2,3)17-9-6-11-20(12-10-17)14-16-8-5-4-7-15(16)13-19/h4-5,7-8,17H,6,9-14,19H2,1-3H3. The van der Waals surface area contributed by atoms with Crippen molar-refractivity contribution in [2.24, 2.45) is 17.1 Å². The maximum absolute atomic E-state index is 5.85. The number of rotatable bonds is 3. The van der Waals surface area contributed by atoms with E-state index in [1.54, 1.807) is 0 Å². The van der Waals surface area contributed by atoms with Gasteiger partial charge in [0, 0.05) is 13.1 Å². The highest BCUT2D eigenvalue weighted by Crippen LogP contribution is 2.34. The molecule has 1 fully saturated rings. The zero-order chi connectivity index (χ0) is 14.6. The second kappa shape index (κ2) is 6.73. The molecule has 1 heterocycles. The Morgan fingerprint density at radius 3 is 2.45 bits per heavy atom. The molecule has 1 aromatic rings.